The minimum absolute atomic E-state index is 0.138. The molecule has 0 saturated carbocycles. The predicted molar refractivity (Wildman–Crippen MR) is 108 cm³/mol. The van der Waals surface area contributed by atoms with E-state index in [1.165, 1.54) is 16.3 Å². The van der Waals surface area contributed by atoms with Crippen molar-refractivity contribution in [3.8, 4) is 0 Å². The number of carbonyl (C=O) groups is 1. The van der Waals surface area contributed by atoms with Gasteiger partial charge >= 0.3 is 0 Å². The molecule has 0 aliphatic carbocycles. The zero-order valence-corrected chi connectivity index (χ0v) is 15.5. The fourth-order valence-electron chi connectivity index (χ4n) is 3.62. The minimum Gasteiger partial charge on any atom is -0.399 e. The van der Waals surface area contributed by atoms with Crippen LogP contribution in [0.15, 0.2) is 60.7 Å². The van der Waals surface area contributed by atoms with Gasteiger partial charge in [-0.05, 0) is 54.4 Å². The van der Waals surface area contributed by atoms with Crippen LogP contribution in [0.3, 0.4) is 0 Å². The van der Waals surface area contributed by atoms with Crippen LogP contribution in [0.25, 0.3) is 10.8 Å². The fraction of sp³-hybridized carbons (Fsp3) is 0.182. The molecule has 1 aliphatic rings. The average molecular weight is 359 g/mol. The quantitative estimate of drug-likeness (QED) is 0.393. The van der Waals surface area contributed by atoms with E-state index in [1.54, 1.807) is 24.3 Å². The van der Waals surface area contributed by atoms with Crippen molar-refractivity contribution in [1.29, 1.82) is 0 Å². The van der Waals surface area contributed by atoms with Gasteiger partial charge in [0.1, 0.15) is 5.54 Å². The van der Waals surface area contributed by atoms with Crippen LogP contribution in [-0.2, 0) is 6.42 Å². The van der Waals surface area contributed by atoms with Gasteiger partial charge in [-0.1, -0.05) is 36.4 Å². The van der Waals surface area contributed by atoms with Crippen LogP contribution in [0.2, 0.25) is 0 Å². The molecule has 5 N–H and O–H groups in total. The van der Waals surface area contributed by atoms with Crippen LogP contribution in [0.1, 0.15) is 35.3 Å². The number of nitrogens with two attached hydrogens (primary N) is 1. The van der Waals surface area contributed by atoms with Crippen molar-refractivity contribution in [1.82, 2.24) is 10.9 Å². The van der Waals surface area contributed by atoms with Crippen LogP contribution < -0.4 is 21.6 Å². The topological polar surface area (TPSA) is 81.1 Å². The first-order chi connectivity index (χ1) is 12.9. The lowest BCUT2D eigenvalue weighted by Crippen LogP contribution is -2.90. The highest BCUT2D eigenvalue weighted by molar-refractivity contribution is 6.04. The maximum absolute atomic E-state index is 12.5. The summed E-state index contributed by atoms with van der Waals surface area (Å²) in [5, 5.41) is 2.46. The summed E-state index contributed by atoms with van der Waals surface area (Å²) in [6.45, 7) is 4.30. The number of rotatable bonds is 1. The molecule has 0 unspecified atom stereocenters. The standard InChI is InChI=1S/C22H22N4O/c1-22(2)13-19-17-9-4-3-6-14(17)10-11-18(19)20(24-22)25-26-21(27)15-7-5-8-16(23)12-15/h3-12H,13,23H2,1-2H3,(H,24,25)(H,26,27)/p+1. The summed E-state index contributed by atoms with van der Waals surface area (Å²) in [6, 6.07) is 19.5. The van der Waals surface area contributed by atoms with Gasteiger partial charge in [-0.2, -0.15) is 10.9 Å². The highest BCUT2D eigenvalue weighted by Crippen LogP contribution is 2.26. The summed E-state index contributed by atoms with van der Waals surface area (Å²) in [7, 11) is 0. The molecule has 4 rings (SSSR count). The summed E-state index contributed by atoms with van der Waals surface area (Å²) >= 11 is 0. The smallest absolute Gasteiger partial charge is 0.299 e. The molecule has 5 heteroatoms. The molecule has 3 aromatic rings. The van der Waals surface area contributed by atoms with Crippen LogP contribution in [0, 0.1) is 0 Å². The monoisotopic (exact) mass is 359 g/mol. The Bertz CT molecular complexity index is 1070. The van der Waals surface area contributed by atoms with Gasteiger partial charge in [0, 0.05) is 17.7 Å². The van der Waals surface area contributed by atoms with Crippen LogP contribution in [0.4, 0.5) is 5.69 Å². The second-order valence-electron chi connectivity index (χ2n) is 7.58. The third-order valence-electron chi connectivity index (χ3n) is 4.84. The van der Waals surface area contributed by atoms with E-state index in [9.17, 15) is 4.79 Å². The van der Waals surface area contributed by atoms with E-state index in [0.717, 1.165) is 17.8 Å². The molecule has 0 aromatic heterocycles. The molecule has 0 bridgehead atoms. The molecule has 1 amide bonds. The van der Waals surface area contributed by atoms with E-state index < -0.39 is 0 Å². The zero-order valence-electron chi connectivity index (χ0n) is 15.5. The van der Waals surface area contributed by atoms with Gasteiger partial charge in [-0.15, -0.1) is 0 Å². The van der Waals surface area contributed by atoms with E-state index >= 15 is 0 Å². The zero-order chi connectivity index (χ0) is 19.0. The number of amidine groups is 1. The third-order valence-corrected chi connectivity index (χ3v) is 4.84. The van der Waals surface area contributed by atoms with E-state index in [1.807, 2.05) is 0 Å². The first-order valence-electron chi connectivity index (χ1n) is 9.01. The van der Waals surface area contributed by atoms with Crippen molar-refractivity contribution in [2.24, 2.45) is 0 Å². The number of hydrogen-bond donors (Lipinski definition) is 4. The Labute approximate surface area is 158 Å². The van der Waals surface area contributed by atoms with Gasteiger partial charge in [0.15, 0.2) is 0 Å². The number of hydrogen-bond acceptors (Lipinski definition) is 3. The molecule has 27 heavy (non-hydrogen) atoms. The molecule has 0 fully saturated rings. The van der Waals surface area contributed by atoms with Gasteiger partial charge in [0.05, 0.1) is 5.56 Å². The van der Waals surface area contributed by atoms with Crippen molar-refractivity contribution < 1.29 is 9.79 Å². The van der Waals surface area contributed by atoms with Crippen molar-refractivity contribution in [2.75, 3.05) is 5.73 Å². The number of benzene rings is 3. The Balaban J connectivity index is 1.66. The minimum atomic E-state index is -0.234. The van der Waals surface area contributed by atoms with Gasteiger partial charge in [-0.25, -0.2) is 0 Å². The largest absolute Gasteiger partial charge is 0.399 e. The summed E-state index contributed by atoms with van der Waals surface area (Å²) in [6.07, 6.45) is 0.901. The SMILES string of the molecule is CC1(C)Cc2c(ccc3ccccc23)C(NNC(=O)c2cccc(N)c2)=[NH+]1. The number of anilines is 1. The molecule has 136 valence electrons. The van der Waals surface area contributed by atoms with Gasteiger partial charge < -0.3 is 5.73 Å². The summed E-state index contributed by atoms with van der Waals surface area (Å²) in [5.74, 6) is 0.562. The Kier molecular flexibility index (Phi) is 4.07. The maximum atomic E-state index is 12.5. The van der Waals surface area contributed by atoms with E-state index in [2.05, 4.69) is 66.1 Å². The van der Waals surface area contributed by atoms with Gasteiger partial charge in [0.2, 0.25) is 0 Å². The summed E-state index contributed by atoms with van der Waals surface area (Å²) in [5.41, 5.74) is 14.9. The Morgan fingerprint density at radius 2 is 1.89 bits per heavy atom. The van der Waals surface area contributed by atoms with Crippen molar-refractivity contribution in [3.63, 3.8) is 0 Å². The highest BCUT2D eigenvalue weighted by atomic mass is 16.2. The second-order valence-corrected chi connectivity index (χ2v) is 7.58. The van der Waals surface area contributed by atoms with E-state index in [4.69, 9.17) is 5.73 Å². The number of nitrogens with one attached hydrogen (secondary N) is 3. The van der Waals surface area contributed by atoms with Gasteiger partial charge in [-0.3, -0.25) is 9.79 Å². The molecule has 1 heterocycles. The Hall–Kier alpha value is -3.34. The molecule has 0 spiro atoms. The number of amides is 1. The maximum Gasteiger partial charge on any atom is 0.299 e. The first-order valence-corrected chi connectivity index (χ1v) is 9.01. The highest BCUT2D eigenvalue weighted by Gasteiger charge is 2.32. The molecular formula is C22H23N4O+. The molecule has 0 saturated heterocycles. The lowest BCUT2D eigenvalue weighted by Gasteiger charge is -2.26. The average Bonchev–Trinajstić information content (AvgIpc) is 2.65. The van der Waals surface area contributed by atoms with Gasteiger partial charge in [0.25, 0.3) is 11.7 Å². The molecule has 1 aliphatic heterocycles. The van der Waals surface area contributed by atoms with Crippen LogP contribution in [-0.4, -0.2) is 17.3 Å². The molecule has 0 radical (unpaired) electrons. The first kappa shape index (κ1) is 17.1. The van der Waals surface area contributed by atoms with Crippen molar-refractivity contribution in [2.45, 2.75) is 25.8 Å². The third kappa shape index (κ3) is 3.36. The predicted octanol–water partition coefficient (Wildman–Crippen LogP) is 1.52. The van der Waals surface area contributed by atoms with Crippen molar-refractivity contribution in [3.05, 3.63) is 77.4 Å². The number of hydrazine groups is 1. The summed E-state index contributed by atoms with van der Waals surface area (Å²) in [4.78, 5) is 16.0. The number of fused-ring (bicyclic) bond motifs is 3. The molecule has 0 atom stereocenters. The Morgan fingerprint density at radius 3 is 2.70 bits per heavy atom. The molecular weight excluding hydrogens is 336 g/mol. The van der Waals surface area contributed by atoms with E-state index in [-0.39, 0.29) is 11.4 Å². The molecule has 3 aromatic carbocycles. The number of nitrogen functional groups attached to an aromatic ring is 1. The van der Waals surface area contributed by atoms with Crippen molar-refractivity contribution >= 4 is 28.2 Å². The van der Waals surface area contributed by atoms with Crippen LogP contribution in [0.5, 0.6) is 0 Å². The number of carbonyl (C=O) groups excluding carboxylic acids is 1. The van der Waals surface area contributed by atoms with Crippen LogP contribution >= 0.6 is 0 Å². The summed E-state index contributed by atoms with van der Waals surface area (Å²) < 4.78 is 0. The fourth-order valence-corrected chi connectivity index (χ4v) is 3.62. The normalized spacial score (nSPS) is 15.0. The lowest BCUT2D eigenvalue weighted by molar-refractivity contribution is -0.547. The molecule has 5 nitrogen and oxygen atoms in total. The lowest BCUT2D eigenvalue weighted by atomic mass is 9.85. The van der Waals surface area contributed by atoms with E-state index in [0.29, 0.717) is 11.3 Å². The Morgan fingerprint density at radius 1 is 1.07 bits per heavy atom. The second kappa shape index (κ2) is 6.43.